The summed E-state index contributed by atoms with van der Waals surface area (Å²) >= 11 is 0. The molecular formula is C9H19N. The van der Waals surface area contributed by atoms with Gasteiger partial charge in [-0.2, -0.15) is 0 Å². The largest absolute Gasteiger partial charge is 0.316 e. The monoisotopic (exact) mass is 141 g/mol. The predicted octanol–water partition coefficient (Wildman–Crippen LogP) is 2.20. The third-order valence-electron chi connectivity index (χ3n) is 1.78. The Bertz CT molecular complexity index is 82.7. The first-order valence-corrected chi connectivity index (χ1v) is 4.16. The Morgan fingerprint density at radius 1 is 1.30 bits per heavy atom. The Kier molecular flexibility index (Phi) is 6.61. The summed E-state index contributed by atoms with van der Waals surface area (Å²) in [7, 11) is 1.97. The fourth-order valence-electron chi connectivity index (χ4n) is 0.939. The van der Waals surface area contributed by atoms with Gasteiger partial charge in [0.25, 0.3) is 0 Å². The minimum Gasteiger partial charge on any atom is -0.316 e. The zero-order valence-corrected chi connectivity index (χ0v) is 7.35. The van der Waals surface area contributed by atoms with E-state index < -0.39 is 0 Å². The van der Waals surface area contributed by atoms with Crippen LogP contribution in [-0.2, 0) is 0 Å². The summed E-state index contributed by atoms with van der Waals surface area (Å²) in [6, 6.07) is 0. The van der Waals surface area contributed by atoms with E-state index in [0.717, 1.165) is 12.5 Å². The van der Waals surface area contributed by atoms with Gasteiger partial charge in [0.1, 0.15) is 0 Å². The minimum atomic E-state index is 0.786. The third-order valence-corrected chi connectivity index (χ3v) is 1.78. The lowest BCUT2D eigenvalue weighted by atomic mass is 10.0. The summed E-state index contributed by atoms with van der Waals surface area (Å²) in [5, 5.41) is 3.08. The summed E-state index contributed by atoms with van der Waals surface area (Å²) in [5.74, 6) is 0.786. The van der Waals surface area contributed by atoms with E-state index in [2.05, 4.69) is 31.3 Å². The molecule has 0 aliphatic heterocycles. The standard InChI is InChI=1S/C9H19N/c1-4-9(5-2)7-6-8-10-3/h6-7,9-10H,4-5,8H2,1-3H3. The molecule has 0 saturated carbocycles. The fraction of sp³-hybridized carbons (Fsp3) is 0.778. The number of hydrogen-bond donors (Lipinski definition) is 1. The molecule has 10 heavy (non-hydrogen) atoms. The van der Waals surface area contributed by atoms with Crippen LogP contribution in [0, 0.1) is 5.92 Å². The lowest BCUT2D eigenvalue weighted by Gasteiger charge is -2.03. The number of likely N-dealkylation sites (N-methyl/N-ethyl adjacent to an activating group) is 1. The van der Waals surface area contributed by atoms with Gasteiger partial charge >= 0.3 is 0 Å². The zero-order valence-electron chi connectivity index (χ0n) is 7.35. The van der Waals surface area contributed by atoms with Crippen LogP contribution in [-0.4, -0.2) is 13.6 Å². The Morgan fingerprint density at radius 2 is 1.90 bits per heavy atom. The van der Waals surface area contributed by atoms with Gasteiger partial charge in [-0.1, -0.05) is 26.0 Å². The molecule has 0 bridgehead atoms. The first kappa shape index (κ1) is 9.70. The molecule has 0 aliphatic carbocycles. The zero-order chi connectivity index (χ0) is 7.82. The number of rotatable bonds is 5. The molecule has 60 valence electrons. The Labute approximate surface area is 64.5 Å². The maximum atomic E-state index is 3.08. The van der Waals surface area contributed by atoms with Crippen molar-refractivity contribution >= 4 is 0 Å². The van der Waals surface area contributed by atoms with Crippen molar-refractivity contribution in [3.63, 3.8) is 0 Å². The Balaban J connectivity index is 3.40. The van der Waals surface area contributed by atoms with Crippen LogP contribution in [0.4, 0.5) is 0 Å². The number of nitrogens with one attached hydrogen (secondary N) is 1. The molecule has 0 aromatic heterocycles. The third kappa shape index (κ3) is 4.57. The molecule has 1 heteroatoms. The van der Waals surface area contributed by atoms with Crippen molar-refractivity contribution in [2.75, 3.05) is 13.6 Å². The summed E-state index contributed by atoms with van der Waals surface area (Å²) in [6.45, 7) is 5.46. The van der Waals surface area contributed by atoms with Crippen molar-refractivity contribution in [1.82, 2.24) is 5.32 Å². The van der Waals surface area contributed by atoms with Gasteiger partial charge in [-0.15, -0.1) is 0 Å². The molecule has 0 aliphatic rings. The van der Waals surface area contributed by atoms with Crippen LogP contribution in [0.2, 0.25) is 0 Å². The van der Waals surface area contributed by atoms with Crippen molar-refractivity contribution in [1.29, 1.82) is 0 Å². The van der Waals surface area contributed by atoms with E-state index in [1.807, 2.05) is 7.05 Å². The summed E-state index contributed by atoms with van der Waals surface area (Å²) in [4.78, 5) is 0. The molecule has 0 aromatic carbocycles. The van der Waals surface area contributed by atoms with E-state index in [9.17, 15) is 0 Å². The van der Waals surface area contributed by atoms with Crippen molar-refractivity contribution in [2.24, 2.45) is 5.92 Å². The highest BCUT2D eigenvalue weighted by molar-refractivity contribution is 4.88. The highest BCUT2D eigenvalue weighted by Crippen LogP contribution is 2.07. The van der Waals surface area contributed by atoms with Crippen LogP contribution in [0.5, 0.6) is 0 Å². The number of allylic oxidation sites excluding steroid dienone is 1. The predicted molar refractivity (Wildman–Crippen MR) is 47.1 cm³/mol. The molecule has 0 unspecified atom stereocenters. The van der Waals surface area contributed by atoms with Crippen LogP contribution < -0.4 is 5.32 Å². The molecule has 1 N–H and O–H groups in total. The molecule has 0 rings (SSSR count). The first-order chi connectivity index (χ1) is 4.85. The van der Waals surface area contributed by atoms with E-state index >= 15 is 0 Å². The van der Waals surface area contributed by atoms with Gasteiger partial charge in [-0.05, 0) is 25.8 Å². The topological polar surface area (TPSA) is 12.0 Å². The van der Waals surface area contributed by atoms with Crippen molar-refractivity contribution < 1.29 is 0 Å². The molecule has 0 aromatic rings. The van der Waals surface area contributed by atoms with Gasteiger partial charge in [0.15, 0.2) is 0 Å². The molecule has 1 nitrogen and oxygen atoms in total. The maximum Gasteiger partial charge on any atom is 0.0131 e. The summed E-state index contributed by atoms with van der Waals surface area (Å²) < 4.78 is 0. The Morgan fingerprint density at radius 3 is 2.30 bits per heavy atom. The lowest BCUT2D eigenvalue weighted by Crippen LogP contribution is -2.04. The van der Waals surface area contributed by atoms with Gasteiger partial charge < -0.3 is 5.32 Å². The normalized spacial score (nSPS) is 11.6. The molecule has 0 heterocycles. The lowest BCUT2D eigenvalue weighted by molar-refractivity contribution is 0.604. The van der Waals surface area contributed by atoms with E-state index in [1.165, 1.54) is 12.8 Å². The van der Waals surface area contributed by atoms with Gasteiger partial charge in [-0.3, -0.25) is 0 Å². The van der Waals surface area contributed by atoms with E-state index in [-0.39, 0.29) is 0 Å². The van der Waals surface area contributed by atoms with Gasteiger partial charge in [-0.25, -0.2) is 0 Å². The highest BCUT2D eigenvalue weighted by Gasteiger charge is 1.94. The van der Waals surface area contributed by atoms with Gasteiger partial charge in [0.2, 0.25) is 0 Å². The molecule has 0 radical (unpaired) electrons. The Hall–Kier alpha value is -0.300. The van der Waals surface area contributed by atoms with Crippen molar-refractivity contribution in [3.8, 4) is 0 Å². The molecular weight excluding hydrogens is 122 g/mol. The quantitative estimate of drug-likeness (QED) is 0.579. The fourth-order valence-corrected chi connectivity index (χ4v) is 0.939. The average Bonchev–Trinajstić information content (AvgIpc) is 1.99. The van der Waals surface area contributed by atoms with E-state index in [0.29, 0.717) is 0 Å². The van der Waals surface area contributed by atoms with Crippen LogP contribution in [0.3, 0.4) is 0 Å². The SMILES string of the molecule is CCC(C=CCNC)CC. The molecule has 0 spiro atoms. The number of hydrogen-bond acceptors (Lipinski definition) is 1. The van der Waals surface area contributed by atoms with Crippen molar-refractivity contribution in [3.05, 3.63) is 12.2 Å². The smallest absolute Gasteiger partial charge is 0.0131 e. The maximum absolute atomic E-state index is 3.08. The second kappa shape index (κ2) is 6.81. The molecule has 0 atom stereocenters. The van der Waals surface area contributed by atoms with Gasteiger partial charge in [0.05, 0.1) is 0 Å². The van der Waals surface area contributed by atoms with Crippen LogP contribution in [0.15, 0.2) is 12.2 Å². The summed E-state index contributed by atoms with van der Waals surface area (Å²) in [6.07, 6.45) is 7.03. The minimum absolute atomic E-state index is 0.786. The van der Waals surface area contributed by atoms with Crippen LogP contribution >= 0.6 is 0 Å². The van der Waals surface area contributed by atoms with Crippen LogP contribution in [0.1, 0.15) is 26.7 Å². The second-order valence-electron chi connectivity index (χ2n) is 2.56. The van der Waals surface area contributed by atoms with Crippen molar-refractivity contribution in [2.45, 2.75) is 26.7 Å². The van der Waals surface area contributed by atoms with Gasteiger partial charge in [0, 0.05) is 6.54 Å². The average molecular weight is 141 g/mol. The molecule has 0 fully saturated rings. The van der Waals surface area contributed by atoms with Crippen LogP contribution in [0.25, 0.3) is 0 Å². The second-order valence-corrected chi connectivity index (χ2v) is 2.56. The van der Waals surface area contributed by atoms with E-state index in [4.69, 9.17) is 0 Å². The molecule has 0 amide bonds. The summed E-state index contributed by atoms with van der Waals surface area (Å²) in [5.41, 5.74) is 0. The molecule has 0 saturated heterocycles. The van der Waals surface area contributed by atoms with E-state index in [1.54, 1.807) is 0 Å². The first-order valence-electron chi connectivity index (χ1n) is 4.16. The highest BCUT2D eigenvalue weighted by atomic mass is 14.8.